The van der Waals surface area contributed by atoms with Gasteiger partial charge in [-0.25, -0.2) is 8.42 Å². The van der Waals surface area contributed by atoms with Gasteiger partial charge in [-0.1, -0.05) is 35.0 Å². The molecule has 8 nitrogen and oxygen atoms in total. The van der Waals surface area contributed by atoms with Crippen molar-refractivity contribution in [1.29, 1.82) is 0 Å². The number of aryl methyl sites for hydroxylation is 1. The summed E-state index contributed by atoms with van der Waals surface area (Å²) in [7, 11) is -3.41. The highest BCUT2D eigenvalue weighted by molar-refractivity contribution is 7.88. The molecule has 0 saturated carbocycles. The van der Waals surface area contributed by atoms with E-state index in [9.17, 15) is 13.2 Å². The topological polar surface area (TPSA) is 96.6 Å². The molecule has 0 unspecified atom stereocenters. The molecule has 1 amide bonds. The van der Waals surface area contributed by atoms with E-state index in [0.717, 1.165) is 5.56 Å². The van der Waals surface area contributed by atoms with Gasteiger partial charge in [-0.05, 0) is 11.6 Å². The highest BCUT2D eigenvalue weighted by atomic mass is 35.5. The molecule has 10 heteroatoms. The molecule has 1 saturated heterocycles. The first-order chi connectivity index (χ1) is 12.7. The maximum Gasteiger partial charge on any atom is 0.227 e. The second-order valence-corrected chi connectivity index (χ2v) is 8.92. The molecule has 1 aromatic heterocycles. The van der Waals surface area contributed by atoms with Gasteiger partial charge in [-0.15, -0.1) is 0 Å². The molecular formula is C17H21ClN4O4S. The van der Waals surface area contributed by atoms with Crippen molar-refractivity contribution in [3.63, 3.8) is 0 Å². The summed E-state index contributed by atoms with van der Waals surface area (Å²) >= 11 is 6.10. The normalized spacial score (nSPS) is 15.2. The zero-order valence-electron chi connectivity index (χ0n) is 15.1. The Morgan fingerprint density at radius 2 is 2.07 bits per heavy atom. The molecule has 1 aliphatic heterocycles. The number of hydrogen-bond donors (Lipinski definition) is 0. The van der Waals surface area contributed by atoms with Gasteiger partial charge in [0, 0.05) is 38.0 Å². The monoisotopic (exact) mass is 412 g/mol. The molecule has 2 aromatic rings. The van der Waals surface area contributed by atoms with Gasteiger partial charge in [0.2, 0.25) is 21.8 Å². The van der Waals surface area contributed by atoms with Crippen molar-refractivity contribution in [3.05, 3.63) is 46.6 Å². The van der Waals surface area contributed by atoms with Gasteiger partial charge in [-0.2, -0.15) is 9.29 Å². The molecule has 0 aliphatic carbocycles. The van der Waals surface area contributed by atoms with E-state index in [1.807, 2.05) is 18.2 Å². The smallest absolute Gasteiger partial charge is 0.227 e. The fourth-order valence-electron chi connectivity index (χ4n) is 3.03. The van der Waals surface area contributed by atoms with Crippen LogP contribution in [0.5, 0.6) is 0 Å². The summed E-state index contributed by atoms with van der Waals surface area (Å²) < 4.78 is 30.6. The fraction of sp³-hybridized carbons (Fsp3) is 0.471. The predicted molar refractivity (Wildman–Crippen MR) is 99.8 cm³/mol. The van der Waals surface area contributed by atoms with Crippen LogP contribution in [0.2, 0.25) is 5.02 Å². The number of sulfonamides is 1. The minimum Gasteiger partial charge on any atom is -0.340 e. The number of likely N-dealkylation sites (tertiary alicyclic amines) is 1. The lowest BCUT2D eigenvalue weighted by atomic mass is 10.1. The van der Waals surface area contributed by atoms with Crippen molar-refractivity contribution < 1.29 is 17.7 Å². The summed E-state index contributed by atoms with van der Waals surface area (Å²) in [6.07, 6.45) is 1.73. The average Bonchev–Trinajstić information content (AvgIpc) is 2.95. The van der Waals surface area contributed by atoms with E-state index in [1.165, 1.54) is 10.6 Å². The van der Waals surface area contributed by atoms with Gasteiger partial charge in [0.25, 0.3) is 0 Å². The van der Waals surface area contributed by atoms with Gasteiger partial charge in [0.1, 0.15) is 0 Å². The van der Waals surface area contributed by atoms with E-state index in [1.54, 1.807) is 17.9 Å². The van der Waals surface area contributed by atoms with Gasteiger partial charge >= 0.3 is 0 Å². The number of benzene rings is 1. The molecule has 0 spiro atoms. The SMILES string of the molecule is Cc1nc(CCN(C2CN(C(=O)Cc3ccccc3Cl)C2)S(C)(=O)=O)no1. The van der Waals surface area contributed by atoms with Crippen LogP contribution in [0.25, 0.3) is 0 Å². The van der Waals surface area contributed by atoms with Crippen LogP contribution in [0.4, 0.5) is 0 Å². The van der Waals surface area contributed by atoms with E-state index in [-0.39, 0.29) is 24.9 Å². The van der Waals surface area contributed by atoms with Crippen molar-refractivity contribution in [1.82, 2.24) is 19.3 Å². The third-order valence-corrected chi connectivity index (χ3v) is 6.17. The molecule has 1 fully saturated rings. The van der Waals surface area contributed by atoms with Gasteiger partial charge in [0.15, 0.2) is 5.82 Å². The molecule has 1 aromatic carbocycles. The Balaban J connectivity index is 1.57. The molecular weight excluding hydrogens is 392 g/mol. The Labute approximate surface area is 163 Å². The number of hydrogen-bond acceptors (Lipinski definition) is 6. The summed E-state index contributed by atoms with van der Waals surface area (Å²) in [5.41, 5.74) is 0.764. The van der Waals surface area contributed by atoms with Gasteiger partial charge < -0.3 is 9.42 Å². The van der Waals surface area contributed by atoms with Crippen molar-refractivity contribution in [2.24, 2.45) is 0 Å². The van der Waals surface area contributed by atoms with Crippen LogP contribution in [0.1, 0.15) is 17.3 Å². The van der Waals surface area contributed by atoms with Crippen LogP contribution in [0.3, 0.4) is 0 Å². The standard InChI is InChI=1S/C17H21ClN4O4S/c1-12-19-16(20-26-12)7-8-22(27(2,24)25)14-10-21(11-14)17(23)9-13-5-3-4-6-15(13)18/h3-6,14H,7-11H2,1-2H3. The Bertz CT molecular complexity index is 925. The second kappa shape index (κ2) is 7.95. The third-order valence-electron chi connectivity index (χ3n) is 4.47. The Morgan fingerprint density at radius 3 is 2.67 bits per heavy atom. The Hall–Kier alpha value is -1.97. The van der Waals surface area contributed by atoms with E-state index in [0.29, 0.717) is 36.2 Å². The van der Waals surface area contributed by atoms with Crippen LogP contribution in [-0.4, -0.2) is 65.6 Å². The number of rotatable bonds is 7. The fourth-order valence-corrected chi connectivity index (χ4v) is 4.33. The maximum absolute atomic E-state index is 12.4. The van der Waals surface area contributed by atoms with Crippen molar-refractivity contribution >= 4 is 27.5 Å². The van der Waals surface area contributed by atoms with E-state index < -0.39 is 10.0 Å². The summed E-state index contributed by atoms with van der Waals surface area (Å²) in [5, 5.41) is 4.34. The molecule has 27 heavy (non-hydrogen) atoms. The number of carbonyl (C=O) groups is 1. The minimum atomic E-state index is -3.41. The highest BCUT2D eigenvalue weighted by Gasteiger charge is 2.38. The Kier molecular flexibility index (Phi) is 5.83. The summed E-state index contributed by atoms with van der Waals surface area (Å²) in [6, 6.07) is 6.95. The lowest BCUT2D eigenvalue weighted by Gasteiger charge is -2.44. The zero-order valence-corrected chi connectivity index (χ0v) is 16.7. The lowest BCUT2D eigenvalue weighted by molar-refractivity contribution is -0.136. The number of nitrogens with zero attached hydrogens (tertiary/aromatic N) is 4. The first-order valence-electron chi connectivity index (χ1n) is 8.51. The molecule has 146 valence electrons. The molecule has 0 atom stereocenters. The van der Waals surface area contributed by atoms with Crippen LogP contribution in [0, 0.1) is 6.92 Å². The summed E-state index contributed by atoms with van der Waals surface area (Å²) in [4.78, 5) is 18.1. The lowest BCUT2D eigenvalue weighted by Crippen LogP contribution is -2.62. The van der Waals surface area contributed by atoms with Crippen molar-refractivity contribution in [3.8, 4) is 0 Å². The largest absolute Gasteiger partial charge is 0.340 e. The van der Waals surface area contributed by atoms with Crippen LogP contribution < -0.4 is 0 Å². The van der Waals surface area contributed by atoms with Crippen LogP contribution in [-0.2, 0) is 27.7 Å². The van der Waals surface area contributed by atoms with Gasteiger partial charge in [-0.3, -0.25) is 4.79 Å². The second-order valence-electron chi connectivity index (χ2n) is 6.57. The third kappa shape index (κ3) is 4.85. The van der Waals surface area contributed by atoms with Crippen molar-refractivity contribution in [2.75, 3.05) is 25.9 Å². The molecule has 1 aliphatic rings. The molecule has 0 radical (unpaired) electrons. The highest BCUT2D eigenvalue weighted by Crippen LogP contribution is 2.21. The molecule has 0 N–H and O–H groups in total. The van der Waals surface area contributed by atoms with Crippen LogP contribution in [0.15, 0.2) is 28.8 Å². The molecule has 3 rings (SSSR count). The number of carbonyl (C=O) groups excluding carboxylic acids is 1. The van der Waals surface area contributed by atoms with Gasteiger partial charge in [0.05, 0.1) is 18.7 Å². The zero-order chi connectivity index (χ0) is 19.6. The first kappa shape index (κ1) is 19.8. The van der Waals surface area contributed by atoms with E-state index in [4.69, 9.17) is 16.1 Å². The Morgan fingerprint density at radius 1 is 1.37 bits per heavy atom. The maximum atomic E-state index is 12.4. The molecule has 2 heterocycles. The predicted octanol–water partition coefficient (Wildman–Crippen LogP) is 1.29. The number of aromatic nitrogens is 2. The minimum absolute atomic E-state index is 0.0680. The van der Waals surface area contributed by atoms with Crippen LogP contribution >= 0.6 is 11.6 Å². The first-order valence-corrected chi connectivity index (χ1v) is 10.7. The number of halogens is 1. The van der Waals surface area contributed by atoms with Crippen molar-refractivity contribution in [2.45, 2.75) is 25.8 Å². The van der Waals surface area contributed by atoms with E-state index >= 15 is 0 Å². The summed E-state index contributed by atoms with van der Waals surface area (Å²) in [5.74, 6) is 0.838. The number of amides is 1. The van der Waals surface area contributed by atoms with E-state index in [2.05, 4.69) is 10.1 Å². The average molecular weight is 413 g/mol. The quantitative estimate of drug-likeness (QED) is 0.679. The summed E-state index contributed by atoms with van der Waals surface area (Å²) in [6.45, 7) is 2.65. The molecule has 0 bridgehead atoms.